The van der Waals surface area contributed by atoms with Gasteiger partial charge in [-0.05, 0) is 24.3 Å². The predicted octanol–water partition coefficient (Wildman–Crippen LogP) is 4.14. The van der Waals surface area contributed by atoms with Crippen LogP contribution in [0, 0.1) is 11.3 Å². The van der Waals surface area contributed by atoms with Gasteiger partial charge in [0.1, 0.15) is 27.6 Å². The average molecular weight is 388 g/mol. The zero-order valence-corrected chi connectivity index (χ0v) is 13.4. The van der Waals surface area contributed by atoms with Crippen LogP contribution in [0.4, 0.5) is 13.2 Å². The smallest absolute Gasteiger partial charge is 0.431 e. The number of rotatable bonds is 4. The second kappa shape index (κ2) is 6.58. The van der Waals surface area contributed by atoms with Crippen molar-refractivity contribution in [1.82, 2.24) is 20.4 Å². The van der Waals surface area contributed by atoms with Gasteiger partial charge in [-0.1, -0.05) is 28.2 Å². The lowest BCUT2D eigenvalue weighted by molar-refractivity contribution is -0.274. The Morgan fingerprint density at radius 1 is 1.16 bits per heavy atom. The Hall–Kier alpha value is -2.84. The first-order chi connectivity index (χ1) is 11.9. The Bertz CT molecular complexity index is 933. The molecule has 3 aromatic rings. The summed E-state index contributed by atoms with van der Waals surface area (Å²) < 4.78 is 45.8. The first-order valence-electron chi connectivity index (χ1n) is 6.37. The van der Waals surface area contributed by atoms with E-state index < -0.39 is 6.36 Å². The maximum absolute atomic E-state index is 12.1. The molecule has 0 aliphatic carbocycles. The average Bonchev–Trinajstić information content (AvgIpc) is 3.13. The maximum atomic E-state index is 12.1. The number of alkyl halides is 3. The van der Waals surface area contributed by atoms with E-state index in [0.29, 0.717) is 0 Å². The van der Waals surface area contributed by atoms with Crippen LogP contribution in [0.2, 0.25) is 4.34 Å². The van der Waals surface area contributed by atoms with Crippen molar-refractivity contribution >= 4 is 22.9 Å². The number of hydrogen-bond acceptors (Lipinski definition) is 7. The van der Waals surface area contributed by atoms with E-state index in [9.17, 15) is 13.2 Å². The molecule has 0 aliphatic rings. The first-order valence-corrected chi connectivity index (χ1v) is 7.56. The number of halogens is 4. The van der Waals surface area contributed by atoms with E-state index in [2.05, 4.69) is 25.1 Å². The lowest BCUT2D eigenvalue weighted by atomic mass is 10.3. The van der Waals surface area contributed by atoms with Crippen molar-refractivity contribution in [3.8, 4) is 34.1 Å². The minimum absolute atomic E-state index is 0.0902. The van der Waals surface area contributed by atoms with Crippen LogP contribution in [0.3, 0.4) is 0 Å². The van der Waals surface area contributed by atoms with Crippen LogP contribution in [0.25, 0.3) is 11.4 Å². The summed E-state index contributed by atoms with van der Waals surface area (Å²) in [4.78, 5) is 4.12. The number of nitriles is 1. The lowest BCUT2D eigenvalue weighted by Gasteiger charge is -2.09. The van der Waals surface area contributed by atoms with Crippen LogP contribution < -0.4 is 9.47 Å². The number of thiazole rings is 1. The SMILES string of the molecule is N#Cc1[nH]nnc1-c1nc(Oc2ccc(OC(F)(F)F)cc2)sc1Cl. The number of nitrogens with zero attached hydrogens (tertiary/aromatic N) is 4. The lowest BCUT2D eigenvalue weighted by Crippen LogP contribution is -2.16. The number of aromatic nitrogens is 4. The summed E-state index contributed by atoms with van der Waals surface area (Å²) in [7, 11) is 0. The van der Waals surface area contributed by atoms with E-state index in [0.717, 1.165) is 23.5 Å². The van der Waals surface area contributed by atoms with Gasteiger partial charge in [-0.15, -0.1) is 18.3 Å². The second-order valence-corrected chi connectivity index (χ2v) is 5.93. The first kappa shape index (κ1) is 17.0. The van der Waals surface area contributed by atoms with Crippen LogP contribution in [0.15, 0.2) is 24.3 Å². The van der Waals surface area contributed by atoms with E-state index in [1.807, 2.05) is 6.07 Å². The van der Waals surface area contributed by atoms with Crippen molar-refractivity contribution < 1.29 is 22.6 Å². The number of ether oxygens (including phenoxy) is 2. The van der Waals surface area contributed by atoms with E-state index in [1.54, 1.807) is 0 Å². The van der Waals surface area contributed by atoms with Gasteiger partial charge in [0.25, 0.3) is 5.19 Å². The molecule has 0 unspecified atom stereocenters. The summed E-state index contributed by atoms with van der Waals surface area (Å²) in [5, 5.41) is 18.7. The van der Waals surface area contributed by atoms with Crippen molar-refractivity contribution in [1.29, 1.82) is 5.26 Å². The molecule has 0 fully saturated rings. The van der Waals surface area contributed by atoms with Crippen molar-refractivity contribution in [2.45, 2.75) is 6.36 Å². The van der Waals surface area contributed by atoms with Crippen molar-refractivity contribution in [3.63, 3.8) is 0 Å². The normalized spacial score (nSPS) is 11.2. The van der Waals surface area contributed by atoms with Gasteiger partial charge in [0.15, 0.2) is 11.4 Å². The number of aromatic amines is 1. The Morgan fingerprint density at radius 3 is 2.48 bits per heavy atom. The molecule has 12 heteroatoms. The Balaban J connectivity index is 1.78. The third-order valence-electron chi connectivity index (χ3n) is 2.71. The van der Waals surface area contributed by atoms with E-state index in [4.69, 9.17) is 21.6 Å². The molecule has 25 heavy (non-hydrogen) atoms. The fraction of sp³-hybridized carbons (Fsp3) is 0.0769. The highest BCUT2D eigenvalue weighted by molar-refractivity contribution is 7.18. The van der Waals surface area contributed by atoms with Crippen LogP contribution >= 0.6 is 22.9 Å². The Morgan fingerprint density at radius 2 is 1.84 bits per heavy atom. The van der Waals surface area contributed by atoms with Crippen LogP contribution in [-0.4, -0.2) is 26.8 Å². The predicted molar refractivity (Wildman–Crippen MR) is 80.4 cm³/mol. The molecule has 0 radical (unpaired) electrons. The quantitative estimate of drug-likeness (QED) is 0.722. The van der Waals surface area contributed by atoms with Gasteiger partial charge < -0.3 is 9.47 Å². The third kappa shape index (κ3) is 3.98. The van der Waals surface area contributed by atoms with Crippen LogP contribution in [-0.2, 0) is 0 Å². The number of benzene rings is 1. The molecule has 7 nitrogen and oxygen atoms in total. The molecule has 0 saturated heterocycles. The van der Waals surface area contributed by atoms with Gasteiger partial charge in [0.2, 0.25) is 0 Å². The van der Waals surface area contributed by atoms with Crippen molar-refractivity contribution in [2.24, 2.45) is 0 Å². The summed E-state index contributed by atoms with van der Waals surface area (Å²) >= 11 is 7.04. The van der Waals surface area contributed by atoms with Gasteiger partial charge in [0, 0.05) is 0 Å². The molecule has 0 saturated carbocycles. The molecule has 2 heterocycles. The summed E-state index contributed by atoms with van der Waals surface area (Å²) in [6.45, 7) is 0. The molecule has 0 aliphatic heterocycles. The summed E-state index contributed by atoms with van der Waals surface area (Å²) in [6.07, 6.45) is -4.77. The van der Waals surface area contributed by atoms with Gasteiger partial charge in [-0.3, -0.25) is 0 Å². The molecule has 2 aromatic heterocycles. The standard InChI is InChI=1S/C13H5ClF3N5O2S/c14-11-10(9-8(5-18)20-22-21-9)19-12(25-11)23-6-1-3-7(4-2-6)24-13(15,16)17/h1-4H,(H,20,21,22). The summed E-state index contributed by atoms with van der Waals surface area (Å²) in [5.41, 5.74) is 0.476. The Labute approximate surface area is 146 Å². The van der Waals surface area contributed by atoms with Crippen molar-refractivity contribution in [3.05, 3.63) is 34.3 Å². The molecule has 0 amide bonds. The molecule has 1 N–H and O–H groups in total. The zero-order chi connectivity index (χ0) is 18.0. The van der Waals surface area contributed by atoms with Gasteiger partial charge >= 0.3 is 6.36 Å². The molecule has 0 bridgehead atoms. The fourth-order valence-corrected chi connectivity index (χ4v) is 2.75. The van der Waals surface area contributed by atoms with Gasteiger partial charge in [-0.2, -0.15) is 10.2 Å². The minimum Gasteiger partial charge on any atom is -0.431 e. The Kier molecular flexibility index (Phi) is 4.47. The molecule has 1 aromatic carbocycles. The number of nitrogens with one attached hydrogen (secondary N) is 1. The topological polar surface area (TPSA) is 96.7 Å². The fourth-order valence-electron chi connectivity index (χ4n) is 1.75. The van der Waals surface area contributed by atoms with E-state index >= 15 is 0 Å². The van der Waals surface area contributed by atoms with E-state index in [1.165, 1.54) is 12.1 Å². The monoisotopic (exact) mass is 387 g/mol. The highest BCUT2D eigenvalue weighted by Crippen LogP contribution is 2.38. The molecule has 128 valence electrons. The van der Waals surface area contributed by atoms with E-state index in [-0.39, 0.29) is 38.1 Å². The van der Waals surface area contributed by atoms with Crippen LogP contribution in [0.1, 0.15) is 5.69 Å². The molecule has 3 rings (SSSR count). The van der Waals surface area contributed by atoms with Crippen LogP contribution in [0.5, 0.6) is 16.7 Å². The minimum atomic E-state index is -4.77. The number of H-pyrrole nitrogens is 1. The van der Waals surface area contributed by atoms with Gasteiger partial charge in [-0.25, -0.2) is 5.10 Å². The van der Waals surface area contributed by atoms with Crippen molar-refractivity contribution in [2.75, 3.05) is 0 Å². The zero-order valence-electron chi connectivity index (χ0n) is 11.8. The molecular formula is C13H5ClF3N5O2S. The molecule has 0 atom stereocenters. The van der Waals surface area contributed by atoms with Gasteiger partial charge in [0.05, 0.1) is 0 Å². The molecule has 0 spiro atoms. The third-order valence-corrected chi connectivity index (χ3v) is 3.85. The largest absolute Gasteiger partial charge is 0.573 e. The highest BCUT2D eigenvalue weighted by Gasteiger charge is 2.31. The summed E-state index contributed by atoms with van der Waals surface area (Å²) in [6, 6.07) is 6.64. The maximum Gasteiger partial charge on any atom is 0.573 e. The summed E-state index contributed by atoms with van der Waals surface area (Å²) in [5.74, 6) is -0.147. The number of hydrogen-bond donors (Lipinski definition) is 1. The second-order valence-electron chi connectivity index (χ2n) is 4.37. The molecular weight excluding hydrogens is 383 g/mol. The highest BCUT2D eigenvalue weighted by atomic mass is 35.5.